The third-order valence-electron chi connectivity index (χ3n) is 11.8. The van der Waals surface area contributed by atoms with Gasteiger partial charge in [-0.2, -0.15) is 0 Å². The molecule has 0 aliphatic heterocycles. The van der Waals surface area contributed by atoms with Gasteiger partial charge in [-0.15, -0.1) is 29.3 Å². The Hall–Kier alpha value is -5.57. The molecule has 292 valence electrons. The number of phenols is 1. The van der Waals surface area contributed by atoms with Crippen LogP contribution in [-0.2, 0) is 37.3 Å². The van der Waals surface area contributed by atoms with Gasteiger partial charge in [0.15, 0.2) is 0 Å². The van der Waals surface area contributed by atoms with Gasteiger partial charge in [0.25, 0.3) is 0 Å². The Morgan fingerprint density at radius 2 is 1.24 bits per heavy atom. The van der Waals surface area contributed by atoms with Gasteiger partial charge in [-0.3, -0.25) is 9.55 Å². The molecule has 8 aromatic rings. The van der Waals surface area contributed by atoms with Gasteiger partial charge in [0.05, 0.1) is 22.3 Å². The van der Waals surface area contributed by atoms with E-state index in [1.807, 2.05) is 18.2 Å². The van der Waals surface area contributed by atoms with Crippen LogP contribution in [0.15, 0.2) is 140 Å². The van der Waals surface area contributed by atoms with Gasteiger partial charge in [-0.05, 0) is 74.5 Å². The molecule has 0 spiro atoms. The van der Waals surface area contributed by atoms with Crippen molar-refractivity contribution in [2.45, 2.75) is 71.6 Å². The summed E-state index contributed by atoms with van der Waals surface area (Å²) in [5, 5.41) is 11.4. The number of aromatic nitrogens is 3. The van der Waals surface area contributed by atoms with Crippen molar-refractivity contribution < 1.29 is 26.2 Å². The number of hydrogen-bond donors (Lipinski definition) is 1. The van der Waals surface area contributed by atoms with Crippen molar-refractivity contribution in [3.05, 3.63) is 168 Å². The predicted octanol–water partition coefficient (Wildman–Crippen LogP) is 13.5. The monoisotopic (exact) mass is 937 g/mol. The molecule has 0 radical (unpaired) electrons. The molecule has 0 saturated carbocycles. The number of aromatic hydroxyl groups is 1. The Kier molecular flexibility index (Phi) is 9.72. The van der Waals surface area contributed by atoms with Crippen LogP contribution in [0.2, 0.25) is 0 Å². The summed E-state index contributed by atoms with van der Waals surface area (Å²) in [6.07, 6.45) is 2.07. The minimum absolute atomic E-state index is 0. The van der Waals surface area contributed by atoms with E-state index in [0.29, 0.717) is 11.4 Å². The van der Waals surface area contributed by atoms with E-state index in [2.05, 4.69) is 181 Å². The van der Waals surface area contributed by atoms with Crippen LogP contribution in [0.3, 0.4) is 0 Å². The van der Waals surface area contributed by atoms with Crippen LogP contribution in [0.5, 0.6) is 5.75 Å². The third kappa shape index (κ3) is 6.62. The van der Waals surface area contributed by atoms with E-state index in [1.165, 1.54) is 33.4 Å². The van der Waals surface area contributed by atoms with Crippen molar-refractivity contribution in [3.63, 3.8) is 0 Å². The number of fused-ring (bicyclic) bond motifs is 4. The molecular formula is C53H48N3OPt-. The average molecular weight is 938 g/mol. The number of pyridine rings is 1. The van der Waals surface area contributed by atoms with E-state index in [0.717, 1.165) is 50.2 Å². The van der Waals surface area contributed by atoms with Crippen molar-refractivity contribution in [2.75, 3.05) is 0 Å². The first kappa shape index (κ1) is 39.3. The van der Waals surface area contributed by atoms with E-state index in [1.54, 1.807) is 6.07 Å². The Balaban J connectivity index is 0.00000469. The number of imidazole rings is 1. The second-order valence-electron chi connectivity index (χ2n) is 18.0. The van der Waals surface area contributed by atoms with E-state index in [9.17, 15) is 5.11 Å². The Labute approximate surface area is 357 Å². The van der Waals surface area contributed by atoms with Crippen LogP contribution in [0, 0.1) is 6.07 Å². The number of phenolic OH excluding ortho intramolecular Hbond substituents is 1. The quantitative estimate of drug-likeness (QED) is 0.175. The van der Waals surface area contributed by atoms with Crippen molar-refractivity contribution in [3.8, 4) is 67.5 Å². The van der Waals surface area contributed by atoms with Gasteiger partial charge < -0.3 is 5.11 Å². The first-order valence-corrected chi connectivity index (χ1v) is 19.9. The molecule has 0 unspecified atom stereocenters. The second kappa shape index (κ2) is 14.4. The van der Waals surface area contributed by atoms with Gasteiger partial charge in [0.1, 0.15) is 11.6 Å². The summed E-state index contributed by atoms with van der Waals surface area (Å²) in [6, 6.07) is 50.5. The number of nitrogens with zero attached hydrogens (tertiary/aromatic N) is 3. The molecule has 0 atom stereocenters. The Bertz CT molecular complexity index is 2850. The molecule has 0 fully saturated rings. The zero-order chi connectivity index (χ0) is 39.9. The standard InChI is InChI=1S/C53H48N3O.Pt/c1-51(2,3)36-25-26-46(41(30-36)33-17-10-9-11-18-33)56-47-23-16-21-38(49(47)55-50(56)40-20-13-15-24-48(40)57)34-27-35(29-37(28-34)52(4,5)6)45-31-42-39-19-12-14-22-43(39)53(7,8)44(42)32-54-45;/h9-26,28-32,57H,1-8H3;/q-1;. The predicted molar refractivity (Wildman–Crippen MR) is 236 cm³/mol. The fraction of sp³-hybridized carbons (Fsp3) is 0.208. The molecule has 2 aromatic heterocycles. The van der Waals surface area contributed by atoms with E-state index >= 15 is 0 Å². The normalized spacial score (nSPS) is 13.2. The molecule has 58 heavy (non-hydrogen) atoms. The molecule has 1 aliphatic carbocycles. The number of para-hydroxylation sites is 2. The first-order valence-electron chi connectivity index (χ1n) is 19.9. The SMILES string of the molecule is CC(C)(C)c1cc(-c2cc3c(cn2)C(C)(C)c2ccccc2-3)[c-]c(-c2cccc3c2nc(-c2ccccc2O)n3-c2ccc(C(C)(C)C)cc2-c2ccccc2)c1.[Pt]. The van der Waals surface area contributed by atoms with Gasteiger partial charge in [0.2, 0.25) is 0 Å². The Morgan fingerprint density at radius 3 is 1.97 bits per heavy atom. The molecule has 1 aliphatic rings. The summed E-state index contributed by atoms with van der Waals surface area (Å²) in [7, 11) is 0. The van der Waals surface area contributed by atoms with Gasteiger partial charge in [-0.25, -0.2) is 4.98 Å². The summed E-state index contributed by atoms with van der Waals surface area (Å²) in [5.41, 5.74) is 16.6. The van der Waals surface area contributed by atoms with Crippen LogP contribution in [-0.4, -0.2) is 19.6 Å². The van der Waals surface area contributed by atoms with E-state index < -0.39 is 0 Å². The smallest absolute Gasteiger partial charge is 0.148 e. The van der Waals surface area contributed by atoms with Gasteiger partial charge in [-0.1, -0.05) is 158 Å². The molecule has 1 N–H and O–H groups in total. The summed E-state index contributed by atoms with van der Waals surface area (Å²) in [5.74, 6) is 0.851. The molecule has 0 bridgehead atoms. The fourth-order valence-corrected chi connectivity index (χ4v) is 8.47. The maximum absolute atomic E-state index is 11.4. The van der Waals surface area contributed by atoms with Crippen molar-refractivity contribution >= 4 is 11.0 Å². The fourth-order valence-electron chi connectivity index (χ4n) is 8.47. The summed E-state index contributed by atoms with van der Waals surface area (Å²) in [4.78, 5) is 10.6. The van der Waals surface area contributed by atoms with Crippen LogP contribution in [0.25, 0.3) is 72.7 Å². The third-order valence-corrected chi connectivity index (χ3v) is 11.8. The van der Waals surface area contributed by atoms with Gasteiger partial charge >= 0.3 is 0 Å². The molecule has 6 aromatic carbocycles. The molecule has 9 rings (SSSR count). The largest absolute Gasteiger partial charge is 0.507 e. The first-order chi connectivity index (χ1) is 27.2. The molecule has 0 saturated heterocycles. The minimum Gasteiger partial charge on any atom is -0.507 e. The summed E-state index contributed by atoms with van der Waals surface area (Å²) < 4.78 is 2.22. The van der Waals surface area contributed by atoms with Crippen LogP contribution in [0.4, 0.5) is 0 Å². The van der Waals surface area contributed by atoms with E-state index in [-0.39, 0.29) is 43.1 Å². The van der Waals surface area contributed by atoms with Crippen molar-refractivity contribution in [1.82, 2.24) is 14.5 Å². The second-order valence-corrected chi connectivity index (χ2v) is 18.0. The number of rotatable bonds is 5. The topological polar surface area (TPSA) is 50.9 Å². The summed E-state index contributed by atoms with van der Waals surface area (Å²) in [6.45, 7) is 18.1. The maximum Gasteiger partial charge on any atom is 0.148 e. The van der Waals surface area contributed by atoms with E-state index in [4.69, 9.17) is 9.97 Å². The maximum atomic E-state index is 11.4. The van der Waals surface area contributed by atoms with Crippen molar-refractivity contribution in [2.24, 2.45) is 0 Å². The molecule has 5 heteroatoms. The van der Waals surface area contributed by atoms with Crippen LogP contribution < -0.4 is 0 Å². The average Bonchev–Trinajstić information content (AvgIpc) is 3.69. The van der Waals surface area contributed by atoms with Crippen LogP contribution >= 0.6 is 0 Å². The van der Waals surface area contributed by atoms with Crippen LogP contribution in [0.1, 0.15) is 77.6 Å². The number of hydrogen-bond acceptors (Lipinski definition) is 3. The molecular weight excluding hydrogens is 890 g/mol. The zero-order valence-corrected chi connectivity index (χ0v) is 36.7. The number of benzene rings is 6. The van der Waals surface area contributed by atoms with Gasteiger partial charge in [0, 0.05) is 43.9 Å². The molecule has 2 heterocycles. The summed E-state index contributed by atoms with van der Waals surface area (Å²) >= 11 is 0. The molecule has 4 nitrogen and oxygen atoms in total. The molecule has 0 amide bonds. The zero-order valence-electron chi connectivity index (χ0n) is 34.4. The van der Waals surface area contributed by atoms with Crippen molar-refractivity contribution in [1.29, 1.82) is 0 Å². The Morgan fingerprint density at radius 1 is 0.586 bits per heavy atom. The minimum atomic E-state index is -0.141.